The maximum absolute atomic E-state index is 8.58. The van der Waals surface area contributed by atoms with E-state index in [1.165, 1.54) is 12.8 Å². The van der Waals surface area contributed by atoms with Crippen LogP contribution in [0.2, 0.25) is 0 Å². The second-order valence-corrected chi connectivity index (χ2v) is 4.26. The fourth-order valence-electron chi connectivity index (χ4n) is 1.43. The number of rotatable bonds is 6. The van der Waals surface area contributed by atoms with Crippen LogP contribution in [0.25, 0.3) is 0 Å². The van der Waals surface area contributed by atoms with Crippen molar-refractivity contribution < 1.29 is 5.11 Å². The van der Waals surface area contributed by atoms with Crippen molar-refractivity contribution in [3.05, 3.63) is 0 Å². The lowest BCUT2D eigenvalue weighted by Crippen LogP contribution is -2.33. The summed E-state index contributed by atoms with van der Waals surface area (Å²) in [6.07, 6.45) is 4.77. The summed E-state index contributed by atoms with van der Waals surface area (Å²) in [4.78, 5) is 0. The zero-order chi connectivity index (χ0) is 9.03. The van der Waals surface area contributed by atoms with E-state index in [4.69, 9.17) is 5.11 Å². The van der Waals surface area contributed by atoms with E-state index in [1.54, 1.807) is 0 Å². The molecule has 1 aliphatic carbocycles. The van der Waals surface area contributed by atoms with Crippen LogP contribution in [0, 0.1) is 5.41 Å². The first-order valence-electron chi connectivity index (χ1n) is 5.03. The SMILES string of the molecule is CC(NCCCCO)C1(C)CC1. The second-order valence-electron chi connectivity index (χ2n) is 4.26. The standard InChI is InChI=1S/C10H21NO/c1-9(10(2)5-6-10)11-7-3-4-8-12/h9,11-12H,3-8H2,1-2H3. The smallest absolute Gasteiger partial charge is 0.0431 e. The Morgan fingerprint density at radius 2 is 2.08 bits per heavy atom. The molecule has 0 heterocycles. The van der Waals surface area contributed by atoms with E-state index < -0.39 is 0 Å². The van der Waals surface area contributed by atoms with Crippen LogP contribution < -0.4 is 5.32 Å². The van der Waals surface area contributed by atoms with Crippen molar-refractivity contribution >= 4 is 0 Å². The highest BCUT2D eigenvalue weighted by Gasteiger charge is 2.41. The number of aliphatic hydroxyl groups excluding tert-OH is 1. The van der Waals surface area contributed by atoms with Gasteiger partial charge in [0.1, 0.15) is 0 Å². The Morgan fingerprint density at radius 3 is 2.58 bits per heavy atom. The molecule has 0 spiro atoms. The number of hydrogen-bond acceptors (Lipinski definition) is 2. The van der Waals surface area contributed by atoms with Gasteiger partial charge in [-0.05, 0) is 44.6 Å². The molecule has 0 aromatic heterocycles. The summed E-state index contributed by atoms with van der Waals surface area (Å²) in [5.74, 6) is 0. The highest BCUT2D eigenvalue weighted by Crippen LogP contribution is 2.47. The first kappa shape index (κ1) is 10.0. The van der Waals surface area contributed by atoms with Gasteiger partial charge < -0.3 is 10.4 Å². The highest BCUT2D eigenvalue weighted by molar-refractivity contribution is 4.96. The molecule has 1 rings (SSSR count). The molecule has 0 radical (unpaired) electrons. The Labute approximate surface area is 75.4 Å². The van der Waals surface area contributed by atoms with Crippen molar-refractivity contribution in [1.82, 2.24) is 5.32 Å². The normalized spacial score (nSPS) is 22.2. The van der Waals surface area contributed by atoms with Crippen LogP contribution in [0.15, 0.2) is 0 Å². The molecule has 0 saturated heterocycles. The lowest BCUT2D eigenvalue weighted by Gasteiger charge is -2.20. The third-order valence-electron chi connectivity index (χ3n) is 3.12. The van der Waals surface area contributed by atoms with E-state index in [1.807, 2.05) is 0 Å². The van der Waals surface area contributed by atoms with Gasteiger partial charge >= 0.3 is 0 Å². The number of nitrogens with one attached hydrogen (secondary N) is 1. The van der Waals surface area contributed by atoms with Gasteiger partial charge in [-0.3, -0.25) is 0 Å². The first-order valence-corrected chi connectivity index (χ1v) is 5.03. The van der Waals surface area contributed by atoms with Gasteiger partial charge in [0.15, 0.2) is 0 Å². The molecule has 72 valence electrons. The van der Waals surface area contributed by atoms with Crippen molar-refractivity contribution in [2.24, 2.45) is 5.41 Å². The van der Waals surface area contributed by atoms with E-state index >= 15 is 0 Å². The van der Waals surface area contributed by atoms with Crippen LogP contribution >= 0.6 is 0 Å². The van der Waals surface area contributed by atoms with Crippen molar-refractivity contribution in [2.45, 2.75) is 45.6 Å². The fraction of sp³-hybridized carbons (Fsp3) is 1.00. The van der Waals surface area contributed by atoms with Crippen LogP contribution in [0.5, 0.6) is 0 Å². The molecule has 2 N–H and O–H groups in total. The molecule has 2 heteroatoms. The Kier molecular flexibility index (Phi) is 3.53. The zero-order valence-electron chi connectivity index (χ0n) is 8.27. The zero-order valence-corrected chi connectivity index (χ0v) is 8.27. The number of aliphatic hydroxyl groups is 1. The maximum Gasteiger partial charge on any atom is 0.0431 e. The minimum absolute atomic E-state index is 0.327. The molecule has 2 nitrogen and oxygen atoms in total. The summed E-state index contributed by atoms with van der Waals surface area (Å²) in [6.45, 7) is 5.99. The van der Waals surface area contributed by atoms with E-state index in [0.717, 1.165) is 19.4 Å². The maximum atomic E-state index is 8.58. The lowest BCUT2D eigenvalue weighted by molar-refractivity contribution is 0.280. The molecule has 0 aromatic rings. The summed E-state index contributed by atoms with van der Waals surface area (Å²) in [5, 5.41) is 12.1. The second kappa shape index (κ2) is 4.24. The number of hydrogen-bond donors (Lipinski definition) is 2. The summed E-state index contributed by atoms with van der Waals surface area (Å²) < 4.78 is 0. The molecule has 1 fully saturated rings. The van der Waals surface area contributed by atoms with E-state index in [-0.39, 0.29) is 0 Å². The quantitative estimate of drug-likeness (QED) is 0.594. The topological polar surface area (TPSA) is 32.3 Å². The molecule has 0 bridgehead atoms. The summed E-state index contributed by atoms with van der Waals surface area (Å²) in [6, 6.07) is 0.649. The Bertz CT molecular complexity index is 132. The average Bonchev–Trinajstić information content (AvgIpc) is 2.78. The Hall–Kier alpha value is -0.0800. The Morgan fingerprint density at radius 1 is 1.42 bits per heavy atom. The van der Waals surface area contributed by atoms with Crippen molar-refractivity contribution in [3.63, 3.8) is 0 Å². The molecule has 1 atom stereocenters. The van der Waals surface area contributed by atoms with Gasteiger partial charge in [0.05, 0.1) is 0 Å². The Balaban J connectivity index is 1.99. The van der Waals surface area contributed by atoms with Gasteiger partial charge in [0.2, 0.25) is 0 Å². The molecule has 1 saturated carbocycles. The van der Waals surface area contributed by atoms with Gasteiger partial charge in [-0.15, -0.1) is 0 Å². The highest BCUT2D eigenvalue weighted by atomic mass is 16.2. The van der Waals surface area contributed by atoms with E-state index in [2.05, 4.69) is 19.2 Å². The number of unbranched alkanes of at least 4 members (excludes halogenated alkanes) is 1. The lowest BCUT2D eigenvalue weighted by atomic mass is 10.0. The monoisotopic (exact) mass is 171 g/mol. The summed E-state index contributed by atoms with van der Waals surface area (Å²) >= 11 is 0. The molecule has 0 aliphatic heterocycles. The van der Waals surface area contributed by atoms with Gasteiger partial charge in [-0.2, -0.15) is 0 Å². The minimum Gasteiger partial charge on any atom is -0.396 e. The van der Waals surface area contributed by atoms with Crippen molar-refractivity contribution in [2.75, 3.05) is 13.2 Å². The minimum atomic E-state index is 0.327. The van der Waals surface area contributed by atoms with Gasteiger partial charge in [0.25, 0.3) is 0 Å². The summed E-state index contributed by atoms with van der Waals surface area (Å²) in [5.41, 5.74) is 0.583. The van der Waals surface area contributed by atoms with Crippen LogP contribution in [0.1, 0.15) is 39.5 Å². The van der Waals surface area contributed by atoms with Crippen LogP contribution in [0.3, 0.4) is 0 Å². The third kappa shape index (κ3) is 2.76. The molecule has 1 unspecified atom stereocenters. The van der Waals surface area contributed by atoms with Crippen LogP contribution in [0.4, 0.5) is 0 Å². The van der Waals surface area contributed by atoms with E-state index in [9.17, 15) is 0 Å². The largest absolute Gasteiger partial charge is 0.396 e. The molecular formula is C10H21NO. The van der Waals surface area contributed by atoms with Gasteiger partial charge in [-0.1, -0.05) is 6.92 Å². The molecule has 1 aliphatic rings. The van der Waals surface area contributed by atoms with Gasteiger partial charge in [-0.25, -0.2) is 0 Å². The first-order chi connectivity index (χ1) is 5.69. The average molecular weight is 171 g/mol. The van der Waals surface area contributed by atoms with Gasteiger partial charge in [0, 0.05) is 12.6 Å². The predicted octanol–water partition coefficient (Wildman–Crippen LogP) is 1.54. The molecule has 0 aromatic carbocycles. The van der Waals surface area contributed by atoms with Crippen molar-refractivity contribution in [1.29, 1.82) is 0 Å². The van der Waals surface area contributed by atoms with Crippen LogP contribution in [-0.4, -0.2) is 24.3 Å². The predicted molar refractivity (Wildman–Crippen MR) is 51.1 cm³/mol. The fourth-order valence-corrected chi connectivity index (χ4v) is 1.43. The summed E-state index contributed by atoms with van der Waals surface area (Å²) in [7, 11) is 0. The van der Waals surface area contributed by atoms with Crippen LogP contribution in [-0.2, 0) is 0 Å². The molecular weight excluding hydrogens is 150 g/mol. The van der Waals surface area contributed by atoms with E-state index in [0.29, 0.717) is 18.1 Å². The molecule has 12 heavy (non-hydrogen) atoms. The third-order valence-corrected chi connectivity index (χ3v) is 3.12. The van der Waals surface area contributed by atoms with Crippen molar-refractivity contribution in [3.8, 4) is 0 Å². The molecule has 0 amide bonds.